The molecule has 0 saturated heterocycles. The van der Waals surface area contributed by atoms with E-state index in [-0.39, 0.29) is 24.2 Å². The van der Waals surface area contributed by atoms with Crippen molar-refractivity contribution in [1.29, 1.82) is 0 Å². The number of carbonyl (C=O) groups excluding carboxylic acids is 1. The normalized spacial score (nSPS) is 17.3. The molecule has 0 saturated carbocycles. The number of anilines is 1. The van der Waals surface area contributed by atoms with E-state index in [0.717, 1.165) is 17.5 Å². The third-order valence-corrected chi connectivity index (χ3v) is 3.32. The summed E-state index contributed by atoms with van der Waals surface area (Å²) in [6.45, 7) is 2.91. The second kappa shape index (κ2) is 6.61. The van der Waals surface area contributed by atoms with Crippen molar-refractivity contribution in [2.24, 2.45) is 0 Å². The van der Waals surface area contributed by atoms with Gasteiger partial charge in [-0.3, -0.25) is 5.32 Å². The highest BCUT2D eigenvalue weighted by atomic mass is 16.6. The zero-order chi connectivity index (χ0) is 16.2. The fourth-order valence-electron chi connectivity index (χ4n) is 2.27. The number of ether oxygens (including phenoxy) is 1. The van der Waals surface area contributed by atoms with Crippen molar-refractivity contribution in [3.8, 4) is 0 Å². The van der Waals surface area contributed by atoms with Gasteiger partial charge >= 0.3 is 11.8 Å². The van der Waals surface area contributed by atoms with Crippen LogP contribution in [0.3, 0.4) is 0 Å². The fourth-order valence-corrected chi connectivity index (χ4v) is 2.27. The highest BCUT2D eigenvalue weighted by Gasteiger charge is 2.19. The summed E-state index contributed by atoms with van der Waals surface area (Å²) in [4.78, 5) is 31.3. The molecule has 0 spiro atoms. The van der Waals surface area contributed by atoms with Gasteiger partial charge in [-0.25, -0.2) is 14.6 Å². The molecule has 2 aromatic rings. The molecule has 2 aromatic heterocycles. The lowest BCUT2D eigenvalue weighted by molar-refractivity contribution is 0.161. The van der Waals surface area contributed by atoms with Gasteiger partial charge in [0, 0.05) is 12.6 Å². The Labute approximate surface area is 131 Å². The molecule has 1 aliphatic rings. The Kier molecular flexibility index (Phi) is 4.38. The van der Waals surface area contributed by atoms with Gasteiger partial charge in [0.2, 0.25) is 5.95 Å². The minimum Gasteiger partial charge on any atom is -0.449 e. The Bertz CT molecular complexity index is 794. The van der Waals surface area contributed by atoms with Crippen LogP contribution in [-0.2, 0) is 4.74 Å². The third kappa shape index (κ3) is 3.39. The van der Waals surface area contributed by atoms with E-state index >= 15 is 0 Å². The monoisotopic (exact) mass is 319 g/mol. The number of aromatic nitrogens is 3. The molecule has 0 aliphatic carbocycles. The Hall–Kier alpha value is -2.68. The van der Waals surface area contributed by atoms with Gasteiger partial charge in [-0.15, -0.1) is 4.57 Å². The summed E-state index contributed by atoms with van der Waals surface area (Å²) >= 11 is 0. The summed E-state index contributed by atoms with van der Waals surface area (Å²) < 4.78 is 11.0. The lowest BCUT2D eigenvalue weighted by Crippen LogP contribution is -2.26. The van der Waals surface area contributed by atoms with E-state index in [1.54, 1.807) is 6.07 Å². The first-order valence-electron chi connectivity index (χ1n) is 7.40. The number of nitrogens with one attached hydrogen (secondary N) is 2. The van der Waals surface area contributed by atoms with E-state index in [1.165, 1.54) is 0 Å². The molecule has 1 aliphatic heterocycles. The number of fused-ring (bicyclic) bond motifs is 1. The first-order valence-corrected chi connectivity index (χ1v) is 7.40. The number of rotatable bonds is 4. The molecule has 122 valence electrons. The van der Waals surface area contributed by atoms with Crippen molar-refractivity contribution < 1.29 is 14.1 Å². The van der Waals surface area contributed by atoms with Crippen molar-refractivity contribution in [1.82, 2.24) is 19.9 Å². The average Bonchev–Trinajstić information content (AvgIpc) is 2.94. The van der Waals surface area contributed by atoms with Crippen LogP contribution in [0.15, 0.2) is 27.5 Å². The largest absolute Gasteiger partial charge is 0.460 e. The summed E-state index contributed by atoms with van der Waals surface area (Å²) in [5, 5.41) is 5.77. The van der Waals surface area contributed by atoms with E-state index in [0.29, 0.717) is 12.1 Å². The second-order valence-electron chi connectivity index (χ2n) is 5.06. The fraction of sp³-hybridized carbons (Fsp3) is 0.429. The molecule has 3 heterocycles. The Morgan fingerprint density at radius 2 is 2.39 bits per heavy atom. The van der Waals surface area contributed by atoms with Gasteiger partial charge in [-0.1, -0.05) is 19.1 Å². The van der Waals surface area contributed by atoms with Crippen LogP contribution in [0.25, 0.3) is 5.65 Å². The SMILES string of the molecule is CCCOC(=O)Nc1nc(C2CC=CCN2)cc2nc(=O)on12. The molecule has 0 radical (unpaired) electrons. The van der Waals surface area contributed by atoms with E-state index in [9.17, 15) is 9.59 Å². The summed E-state index contributed by atoms with van der Waals surface area (Å²) in [5.74, 6) is -0.699. The molecular weight excluding hydrogens is 302 g/mol. The van der Waals surface area contributed by atoms with Crippen LogP contribution in [0.5, 0.6) is 0 Å². The van der Waals surface area contributed by atoms with Gasteiger partial charge in [-0.2, -0.15) is 4.98 Å². The van der Waals surface area contributed by atoms with Crippen LogP contribution in [0, 0.1) is 0 Å². The predicted molar refractivity (Wildman–Crippen MR) is 81.3 cm³/mol. The van der Waals surface area contributed by atoms with Crippen molar-refractivity contribution in [2.75, 3.05) is 18.5 Å². The van der Waals surface area contributed by atoms with Crippen molar-refractivity contribution >= 4 is 17.7 Å². The molecule has 3 rings (SSSR count). The topological polar surface area (TPSA) is 111 Å². The molecule has 1 atom stereocenters. The molecule has 0 fully saturated rings. The number of hydrogen-bond acceptors (Lipinski definition) is 7. The van der Waals surface area contributed by atoms with Gasteiger partial charge in [-0.05, 0) is 12.8 Å². The smallest absolute Gasteiger partial charge is 0.449 e. The molecule has 1 unspecified atom stereocenters. The lowest BCUT2D eigenvalue weighted by atomic mass is 10.1. The number of nitrogens with zero attached hydrogens (tertiary/aromatic N) is 3. The quantitative estimate of drug-likeness (QED) is 0.815. The van der Waals surface area contributed by atoms with Gasteiger partial charge in [0.15, 0.2) is 5.65 Å². The first kappa shape index (κ1) is 15.2. The Morgan fingerprint density at radius 1 is 1.52 bits per heavy atom. The van der Waals surface area contributed by atoms with Crippen molar-refractivity contribution in [3.63, 3.8) is 0 Å². The standard InChI is InChI=1S/C14H17N5O4/c1-2-7-22-13(20)18-12-16-10(9-5-3-4-6-15-9)8-11-17-14(21)23-19(11)12/h3-4,8-9,15H,2,5-7H2,1H3,(H,16,18,20). The minimum absolute atomic E-state index is 0.0241. The molecule has 23 heavy (non-hydrogen) atoms. The highest BCUT2D eigenvalue weighted by Crippen LogP contribution is 2.21. The van der Waals surface area contributed by atoms with Crippen LogP contribution >= 0.6 is 0 Å². The van der Waals surface area contributed by atoms with Crippen molar-refractivity contribution in [2.45, 2.75) is 25.8 Å². The highest BCUT2D eigenvalue weighted by molar-refractivity contribution is 5.82. The van der Waals surface area contributed by atoms with Gasteiger partial charge in [0.1, 0.15) is 0 Å². The number of carbonyl (C=O) groups is 1. The molecular formula is C14H17N5O4. The summed E-state index contributed by atoms with van der Waals surface area (Å²) in [6, 6.07) is 1.63. The van der Waals surface area contributed by atoms with Gasteiger partial charge in [0.25, 0.3) is 0 Å². The summed E-state index contributed by atoms with van der Waals surface area (Å²) in [7, 11) is 0. The maximum Gasteiger partial charge on any atom is 0.460 e. The molecule has 0 aromatic carbocycles. The molecule has 0 bridgehead atoms. The third-order valence-electron chi connectivity index (χ3n) is 3.32. The summed E-state index contributed by atoms with van der Waals surface area (Å²) in [5.41, 5.74) is 0.940. The second-order valence-corrected chi connectivity index (χ2v) is 5.06. The number of amides is 1. The molecule has 1 amide bonds. The van der Waals surface area contributed by atoms with E-state index in [1.807, 2.05) is 19.1 Å². The van der Waals surface area contributed by atoms with Crippen LogP contribution < -0.4 is 16.4 Å². The van der Waals surface area contributed by atoms with Crippen LogP contribution in [0.4, 0.5) is 10.7 Å². The van der Waals surface area contributed by atoms with Crippen LogP contribution in [0.1, 0.15) is 31.5 Å². The van der Waals surface area contributed by atoms with Gasteiger partial charge < -0.3 is 14.6 Å². The number of hydrogen-bond donors (Lipinski definition) is 2. The molecule has 2 N–H and O–H groups in total. The van der Waals surface area contributed by atoms with Crippen molar-refractivity contribution in [3.05, 3.63) is 34.5 Å². The average molecular weight is 319 g/mol. The lowest BCUT2D eigenvalue weighted by Gasteiger charge is -2.19. The first-order chi connectivity index (χ1) is 11.2. The van der Waals surface area contributed by atoms with E-state index in [4.69, 9.17) is 9.26 Å². The zero-order valence-corrected chi connectivity index (χ0v) is 12.6. The zero-order valence-electron chi connectivity index (χ0n) is 12.6. The Morgan fingerprint density at radius 3 is 3.13 bits per heavy atom. The Balaban J connectivity index is 1.95. The predicted octanol–water partition coefficient (Wildman–Crippen LogP) is 1.23. The maximum absolute atomic E-state index is 11.8. The van der Waals surface area contributed by atoms with Gasteiger partial charge in [0.05, 0.1) is 18.3 Å². The van der Waals surface area contributed by atoms with Crippen LogP contribution in [0.2, 0.25) is 0 Å². The molecule has 9 heteroatoms. The molecule has 9 nitrogen and oxygen atoms in total. The minimum atomic E-state index is -0.759. The summed E-state index contributed by atoms with van der Waals surface area (Å²) in [6.07, 6.45) is 4.87. The van der Waals surface area contributed by atoms with E-state index < -0.39 is 11.8 Å². The van der Waals surface area contributed by atoms with Crippen LogP contribution in [-0.4, -0.2) is 33.8 Å². The maximum atomic E-state index is 11.8. The van der Waals surface area contributed by atoms with E-state index in [2.05, 4.69) is 20.6 Å².